The summed E-state index contributed by atoms with van der Waals surface area (Å²) >= 11 is 0. The molecule has 0 radical (unpaired) electrons. The van der Waals surface area contributed by atoms with Gasteiger partial charge in [0.15, 0.2) is 0 Å². The van der Waals surface area contributed by atoms with Crippen molar-refractivity contribution >= 4 is 17.5 Å². The Balaban J connectivity index is 1.18. The number of hydrogen-bond acceptors (Lipinski definition) is 6. The highest BCUT2D eigenvalue weighted by atomic mass is 16.6. The van der Waals surface area contributed by atoms with Crippen LogP contribution in [0.4, 0.5) is 16.2 Å². The molecule has 1 aliphatic carbocycles. The fourth-order valence-corrected chi connectivity index (χ4v) is 5.01. The van der Waals surface area contributed by atoms with E-state index in [-0.39, 0.29) is 11.6 Å². The zero-order valence-corrected chi connectivity index (χ0v) is 20.5. The molecule has 3 fully saturated rings. The smallest absolute Gasteiger partial charge is 0.410 e. The Hall–Kier alpha value is -2.46. The van der Waals surface area contributed by atoms with Crippen LogP contribution in [0.25, 0.3) is 0 Å². The number of carbonyl (C=O) groups excluding carboxylic acids is 1. The Kier molecular flexibility index (Phi) is 7.04. The standard InChI is InChI=1S/C26H39N5O2/c1-25(2,3)33-24(32)31-17-15-29(16-18-31)19-21-9-13-30(14-10-21)23-7-5-22(6-8-23)28-26(20-27)11-4-12-26/h5-8,21,28H,4,9-19H2,1-3H3. The van der Waals surface area contributed by atoms with Gasteiger partial charge in [-0.05, 0) is 83.1 Å². The summed E-state index contributed by atoms with van der Waals surface area (Å²) < 4.78 is 5.51. The molecule has 0 aromatic heterocycles. The summed E-state index contributed by atoms with van der Waals surface area (Å²) in [6.07, 6.45) is 5.22. The van der Waals surface area contributed by atoms with Gasteiger partial charge in [0.05, 0.1) is 6.07 Å². The molecule has 1 N–H and O–H groups in total. The highest BCUT2D eigenvalue weighted by Crippen LogP contribution is 2.35. The number of hydrogen-bond donors (Lipinski definition) is 1. The number of amides is 1. The number of carbonyl (C=O) groups is 1. The predicted molar refractivity (Wildman–Crippen MR) is 131 cm³/mol. The van der Waals surface area contributed by atoms with Crippen LogP contribution in [-0.4, -0.2) is 72.8 Å². The number of nitriles is 1. The van der Waals surface area contributed by atoms with Crippen molar-refractivity contribution < 1.29 is 9.53 Å². The lowest BCUT2D eigenvalue weighted by atomic mass is 9.78. The van der Waals surface area contributed by atoms with Gasteiger partial charge in [-0.15, -0.1) is 0 Å². The van der Waals surface area contributed by atoms with Crippen molar-refractivity contribution in [2.45, 2.75) is 64.0 Å². The van der Waals surface area contributed by atoms with Crippen LogP contribution in [0.3, 0.4) is 0 Å². The molecule has 0 spiro atoms. The van der Waals surface area contributed by atoms with Crippen molar-refractivity contribution in [3.8, 4) is 6.07 Å². The molecule has 4 rings (SSSR count). The van der Waals surface area contributed by atoms with Crippen molar-refractivity contribution in [2.75, 3.05) is 56.0 Å². The van der Waals surface area contributed by atoms with Crippen molar-refractivity contribution in [3.05, 3.63) is 24.3 Å². The SMILES string of the molecule is CC(C)(C)OC(=O)N1CCN(CC2CCN(c3ccc(NC4(C#N)CCC4)cc3)CC2)CC1. The fraction of sp³-hybridized carbons (Fsp3) is 0.692. The number of nitrogens with zero attached hydrogens (tertiary/aromatic N) is 4. The molecule has 0 atom stereocenters. The van der Waals surface area contributed by atoms with E-state index >= 15 is 0 Å². The van der Waals surface area contributed by atoms with E-state index in [2.05, 4.69) is 45.5 Å². The Morgan fingerprint density at radius 1 is 1.09 bits per heavy atom. The summed E-state index contributed by atoms with van der Waals surface area (Å²) in [6, 6.07) is 11.0. The Morgan fingerprint density at radius 3 is 2.24 bits per heavy atom. The van der Waals surface area contributed by atoms with Crippen LogP contribution in [0, 0.1) is 17.2 Å². The number of piperazine rings is 1. The molecule has 0 unspecified atom stereocenters. The van der Waals surface area contributed by atoms with Crippen LogP contribution >= 0.6 is 0 Å². The van der Waals surface area contributed by atoms with Gasteiger partial charge < -0.3 is 19.9 Å². The van der Waals surface area contributed by atoms with Crippen molar-refractivity contribution in [1.82, 2.24) is 9.80 Å². The molecular formula is C26H39N5O2. The fourth-order valence-electron chi connectivity index (χ4n) is 5.01. The molecule has 3 aliphatic rings. The second-order valence-corrected chi connectivity index (χ2v) is 10.9. The van der Waals surface area contributed by atoms with Crippen LogP contribution in [0.5, 0.6) is 0 Å². The maximum atomic E-state index is 12.3. The molecule has 7 nitrogen and oxygen atoms in total. The monoisotopic (exact) mass is 453 g/mol. The first-order valence-electron chi connectivity index (χ1n) is 12.5. The van der Waals surface area contributed by atoms with Gasteiger partial charge in [0.2, 0.25) is 0 Å². The van der Waals surface area contributed by atoms with E-state index < -0.39 is 5.60 Å². The first-order valence-corrected chi connectivity index (χ1v) is 12.5. The summed E-state index contributed by atoms with van der Waals surface area (Å²) in [5, 5.41) is 12.9. The van der Waals surface area contributed by atoms with Crippen LogP contribution in [0.15, 0.2) is 24.3 Å². The average Bonchev–Trinajstić information content (AvgIpc) is 2.77. The van der Waals surface area contributed by atoms with E-state index in [4.69, 9.17) is 4.74 Å². The van der Waals surface area contributed by atoms with Gasteiger partial charge in [-0.25, -0.2) is 4.79 Å². The van der Waals surface area contributed by atoms with Gasteiger partial charge in [0, 0.05) is 57.2 Å². The third-order valence-corrected chi connectivity index (χ3v) is 7.19. The van der Waals surface area contributed by atoms with Gasteiger partial charge in [0.25, 0.3) is 0 Å². The van der Waals surface area contributed by atoms with Crippen LogP contribution in [0.2, 0.25) is 0 Å². The van der Waals surface area contributed by atoms with Gasteiger partial charge in [0.1, 0.15) is 11.1 Å². The molecule has 2 saturated heterocycles. The Bertz CT molecular complexity index is 837. The molecule has 1 amide bonds. The van der Waals surface area contributed by atoms with E-state index in [1.165, 1.54) is 18.5 Å². The number of benzene rings is 1. The molecule has 1 saturated carbocycles. The second-order valence-electron chi connectivity index (χ2n) is 10.9. The summed E-state index contributed by atoms with van der Waals surface area (Å²) in [4.78, 5) is 19.1. The summed E-state index contributed by atoms with van der Waals surface area (Å²) in [5.41, 5.74) is 1.53. The maximum absolute atomic E-state index is 12.3. The summed E-state index contributed by atoms with van der Waals surface area (Å²) in [7, 11) is 0. The van der Waals surface area contributed by atoms with Gasteiger partial charge in [-0.2, -0.15) is 5.26 Å². The molecule has 2 aliphatic heterocycles. The lowest BCUT2D eigenvalue weighted by Crippen LogP contribution is -2.51. The summed E-state index contributed by atoms with van der Waals surface area (Å²) in [6.45, 7) is 12.4. The average molecular weight is 454 g/mol. The van der Waals surface area contributed by atoms with E-state index in [1.807, 2.05) is 25.7 Å². The summed E-state index contributed by atoms with van der Waals surface area (Å²) in [5.74, 6) is 0.712. The van der Waals surface area contributed by atoms with E-state index in [1.54, 1.807) is 0 Å². The van der Waals surface area contributed by atoms with Gasteiger partial charge >= 0.3 is 6.09 Å². The normalized spacial score (nSPS) is 21.8. The Labute approximate surface area is 198 Å². The Morgan fingerprint density at radius 2 is 1.73 bits per heavy atom. The molecule has 7 heteroatoms. The highest BCUT2D eigenvalue weighted by molar-refractivity contribution is 5.68. The van der Waals surface area contributed by atoms with E-state index in [9.17, 15) is 10.1 Å². The molecular weight excluding hydrogens is 414 g/mol. The number of ether oxygens (including phenoxy) is 1. The predicted octanol–water partition coefficient (Wildman–Crippen LogP) is 4.31. The van der Waals surface area contributed by atoms with Crippen molar-refractivity contribution in [1.29, 1.82) is 5.26 Å². The molecule has 2 heterocycles. The first-order chi connectivity index (χ1) is 15.8. The molecule has 1 aromatic rings. The van der Waals surface area contributed by atoms with Crippen LogP contribution in [-0.2, 0) is 4.74 Å². The maximum Gasteiger partial charge on any atom is 0.410 e. The zero-order valence-electron chi connectivity index (χ0n) is 20.5. The number of piperidine rings is 1. The number of rotatable bonds is 5. The van der Waals surface area contributed by atoms with Gasteiger partial charge in [-0.3, -0.25) is 4.90 Å². The minimum absolute atomic E-state index is 0.188. The quantitative estimate of drug-likeness (QED) is 0.716. The minimum atomic E-state index is -0.436. The van der Waals surface area contributed by atoms with Crippen molar-refractivity contribution in [2.24, 2.45) is 5.92 Å². The van der Waals surface area contributed by atoms with E-state index in [0.29, 0.717) is 5.92 Å². The topological polar surface area (TPSA) is 71.8 Å². The second kappa shape index (κ2) is 9.80. The minimum Gasteiger partial charge on any atom is -0.444 e. The van der Waals surface area contributed by atoms with E-state index in [0.717, 1.165) is 70.8 Å². The molecule has 33 heavy (non-hydrogen) atoms. The first kappa shape index (κ1) is 23.7. The highest BCUT2D eigenvalue weighted by Gasteiger charge is 2.37. The molecule has 0 bridgehead atoms. The number of nitrogens with one attached hydrogen (secondary N) is 1. The third kappa shape index (κ3) is 6.11. The van der Waals surface area contributed by atoms with Crippen molar-refractivity contribution in [3.63, 3.8) is 0 Å². The van der Waals surface area contributed by atoms with Crippen LogP contribution < -0.4 is 10.2 Å². The lowest BCUT2D eigenvalue weighted by Gasteiger charge is -2.39. The lowest BCUT2D eigenvalue weighted by molar-refractivity contribution is 0.0130. The largest absolute Gasteiger partial charge is 0.444 e. The van der Waals surface area contributed by atoms with Gasteiger partial charge in [-0.1, -0.05) is 0 Å². The third-order valence-electron chi connectivity index (χ3n) is 7.19. The number of anilines is 2. The molecule has 180 valence electrons. The zero-order chi connectivity index (χ0) is 23.5. The van der Waals surface area contributed by atoms with Crippen LogP contribution in [0.1, 0.15) is 52.9 Å². The molecule has 1 aromatic carbocycles.